The molecule has 1 aromatic carbocycles. The van der Waals surface area contributed by atoms with Crippen molar-refractivity contribution >= 4 is 6.08 Å². The monoisotopic (exact) mass is 234 g/mol. The Kier molecular flexibility index (Phi) is 6.55. The highest BCUT2D eigenvalue weighted by molar-refractivity contribution is 5.48. The van der Waals surface area contributed by atoms with Crippen LogP contribution in [-0.2, 0) is 0 Å². The van der Waals surface area contributed by atoms with E-state index in [1.165, 1.54) is 5.56 Å². The molecule has 1 aromatic rings. The lowest BCUT2D eigenvalue weighted by Gasteiger charge is -2.24. The molecule has 0 saturated carbocycles. The Morgan fingerprint density at radius 2 is 2.06 bits per heavy atom. The third-order valence-electron chi connectivity index (χ3n) is 2.87. The minimum absolute atomic E-state index is 0.176. The molecule has 0 amide bonds. The topological polar surface area (TPSA) is 49.5 Å². The summed E-state index contributed by atoms with van der Waals surface area (Å²) < 4.78 is 0. The average Bonchev–Trinajstić information content (AvgIpc) is 2.36. The molecule has 3 nitrogen and oxygen atoms in total. The first-order chi connectivity index (χ1) is 8.27. The van der Waals surface area contributed by atoms with Gasteiger partial charge in [0.2, 0.25) is 0 Å². The van der Waals surface area contributed by atoms with E-state index < -0.39 is 0 Å². The second-order valence-electron chi connectivity index (χ2n) is 4.14. The van der Waals surface area contributed by atoms with Crippen molar-refractivity contribution in [3.05, 3.63) is 42.0 Å². The minimum atomic E-state index is 0.176. The van der Waals surface area contributed by atoms with Crippen molar-refractivity contribution in [1.82, 2.24) is 4.90 Å². The van der Waals surface area contributed by atoms with E-state index in [-0.39, 0.29) is 6.61 Å². The predicted molar refractivity (Wildman–Crippen MR) is 72.7 cm³/mol. The second kappa shape index (κ2) is 8.01. The summed E-state index contributed by atoms with van der Waals surface area (Å²) in [6, 6.07) is 10.5. The van der Waals surface area contributed by atoms with Crippen molar-refractivity contribution in [2.24, 2.45) is 5.73 Å². The fraction of sp³-hybridized carbons (Fsp3) is 0.429. The van der Waals surface area contributed by atoms with Gasteiger partial charge in [-0.15, -0.1) is 0 Å². The van der Waals surface area contributed by atoms with Crippen molar-refractivity contribution in [2.45, 2.75) is 12.5 Å². The first-order valence-electron chi connectivity index (χ1n) is 6.00. The van der Waals surface area contributed by atoms with Gasteiger partial charge >= 0.3 is 0 Å². The molecule has 3 N–H and O–H groups in total. The molecule has 94 valence electrons. The van der Waals surface area contributed by atoms with Crippen LogP contribution in [0, 0.1) is 0 Å². The van der Waals surface area contributed by atoms with Crippen molar-refractivity contribution in [3.8, 4) is 0 Å². The van der Waals surface area contributed by atoms with Gasteiger partial charge in [-0.2, -0.15) is 0 Å². The minimum Gasteiger partial charge on any atom is -0.395 e. The SMILES string of the molecule is CN(CCO)C(CN)C/C=C\c1ccccc1. The number of likely N-dealkylation sites (N-methyl/N-ethyl adjacent to an activating group) is 1. The summed E-state index contributed by atoms with van der Waals surface area (Å²) in [5, 5.41) is 8.88. The standard InChI is InChI=1S/C14H22N2O/c1-16(10-11-17)14(12-15)9-5-8-13-6-3-2-4-7-13/h2-8,14,17H,9-12,15H2,1H3/b8-5-. The molecular formula is C14H22N2O. The molecule has 0 aliphatic carbocycles. The highest BCUT2D eigenvalue weighted by atomic mass is 16.3. The molecule has 1 rings (SSSR count). The van der Waals surface area contributed by atoms with E-state index >= 15 is 0 Å². The summed E-state index contributed by atoms with van der Waals surface area (Å²) in [7, 11) is 1.99. The average molecular weight is 234 g/mol. The lowest BCUT2D eigenvalue weighted by atomic mass is 10.1. The number of aliphatic hydroxyl groups is 1. The highest BCUT2D eigenvalue weighted by Gasteiger charge is 2.09. The molecule has 1 unspecified atom stereocenters. The maximum Gasteiger partial charge on any atom is 0.0558 e. The van der Waals surface area contributed by atoms with E-state index in [2.05, 4.69) is 29.2 Å². The van der Waals surface area contributed by atoms with Gasteiger partial charge < -0.3 is 10.8 Å². The third kappa shape index (κ3) is 5.13. The molecule has 0 aromatic heterocycles. The van der Waals surface area contributed by atoms with Crippen molar-refractivity contribution in [1.29, 1.82) is 0 Å². The van der Waals surface area contributed by atoms with Crippen LogP contribution in [0.2, 0.25) is 0 Å². The molecule has 1 atom stereocenters. The number of nitrogens with two attached hydrogens (primary N) is 1. The Bertz CT molecular complexity index is 324. The first kappa shape index (κ1) is 13.9. The lowest BCUT2D eigenvalue weighted by molar-refractivity contribution is 0.183. The van der Waals surface area contributed by atoms with E-state index in [0.717, 1.165) is 6.42 Å². The number of aliphatic hydroxyl groups excluding tert-OH is 1. The number of hydrogen-bond acceptors (Lipinski definition) is 3. The fourth-order valence-corrected chi connectivity index (χ4v) is 1.72. The number of rotatable bonds is 7. The molecule has 0 aliphatic heterocycles. The summed E-state index contributed by atoms with van der Waals surface area (Å²) in [5.74, 6) is 0. The second-order valence-corrected chi connectivity index (χ2v) is 4.14. The number of nitrogens with zero attached hydrogens (tertiary/aromatic N) is 1. The predicted octanol–water partition coefficient (Wildman–Crippen LogP) is 1.34. The third-order valence-corrected chi connectivity index (χ3v) is 2.87. The van der Waals surface area contributed by atoms with Crippen LogP contribution in [0.25, 0.3) is 6.08 Å². The molecule has 0 fully saturated rings. The summed E-state index contributed by atoms with van der Waals surface area (Å²) >= 11 is 0. The quantitative estimate of drug-likeness (QED) is 0.748. The van der Waals surface area contributed by atoms with E-state index in [0.29, 0.717) is 19.1 Å². The molecule has 0 spiro atoms. The Labute approximate surface area is 104 Å². The largest absolute Gasteiger partial charge is 0.395 e. The van der Waals surface area contributed by atoms with Crippen LogP contribution in [0.3, 0.4) is 0 Å². The normalized spacial score (nSPS) is 13.4. The van der Waals surface area contributed by atoms with Crippen LogP contribution in [0.15, 0.2) is 36.4 Å². The molecule has 0 heterocycles. The van der Waals surface area contributed by atoms with Gasteiger partial charge in [0.15, 0.2) is 0 Å². The Morgan fingerprint density at radius 1 is 1.35 bits per heavy atom. The zero-order valence-corrected chi connectivity index (χ0v) is 10.4. The van der Waals surface area contributed by atoms with Gasteiger partial charge in [0.25, 0.3) is 0 Å². The maximum absolute atomic E-state index is 8.88. The number of benzene rings is 1. The Hall–Kier alpha value is -1.16. The number of hydrogen-bond donors (Lipinski definition) is 2. The Balaban J connectivity index is 2.45. The van der Waals surface area contributed by atoms with Gasteiger partial charge in [0.05, 0.1) is 6.61 Å². The van der Waals surface area contributed by atoms with E-state index in [9.17, 15) is 0 Å². The molecule has 0 radical (unpaired) electrons. The van der Waals surface area contributed by atoms with Crippen LogP contribution in [-0.4, -0.2) is 42.8 Å². The van der Waals surface area contributed by atoms with Crippen molar-refractivity contribution < 1.29 is 5.11 Å². The van der Waals surface area contributed by atoms with E-state index in [1.54, 1.807) is 0 Å². The van der Waals surface area contributed by atoms with Gasteiger partial charge in [-0.05, 0) is 19.0 Å². The van der Waals surface area contributed by atoms with Gasteiger partial charge in [-0.1, -0.05) is 42.5 Å². The summed E-state index contributed by atoms with van der Waals surface area (Å²) in [4.78, 5) is 2.09. The smallest absolute Gasteiger partial charge is 0.0558 e. The van der Waals surface area contributed by atoms with E-state index in [1.807, 2.05) is 25.2 Å². The molecule has 0 bridgehead atoms. The van der Waals surface area contributed by atoms with Crippen LogP contribution >= 0.6 is 0 Å². The van der Waals surface area contributed by atoms with E-state index in [4.69, 9.17) is 10.8 Å². The molecule has 0 saturated heterocycles. The zero-order chi connectivity index (χ0) is 12.5. The van der Waals surface area contributed by atoms with Gasteiger partial charge in [0.1, 0.15) is 0 Å². The van der Waals surface area contributed by atoms with Gasteiger partial charge in [-0.25, -0.2) is 0 Å². The summed E-state index contributed by atoms with van der Waals surface area (Å²) in [6.07, 6.45) is 5.15. The van der Waals surface area contributed by atoms with Gasteiger partial charge in [-0.3, -0.25) is 4.90 Å². The highest BCUT2D eigenvalue weighted by Crippen LogP contribution is 2.05. The fourth-order valence-electron chi connectivity index (χ4n) is 1.72. The van der Waals surface area contributed by atoms with Gasteiger partial charge in [0, 0.05) is 19.1 Å². The molecule has 17 heavy (non-hydrogen) atoms. The van der Waals surface area contributed by atoms with Crippen LogP contribution in [0.1, 0.15) is 12.0 Å². The Morgan fingerprint density at radius 3 is 2.65 bits per heavy atom. The molecule has 3 heteroatoms. The zero-order valence-electron chi connectivity index (χ0n) is 10.4. The van der Waals surface area contributed by atoms with Crippen LogP contribution in [0.4, 0.5) is 0 Å². The lowest BCUT2D eigenvalue weighted by Crippen LogP contribution is -2.39. The summed E-state index contributed by atoms with van der Waals surface area (Å²) in [5.41, 5.74) is 6.93. The van der Waals surface area contributed by atoms with Crippen molar-refractivity contribution in [2.75, 3.05) is 26.7 Å². The first-order valence-corrected chi connectivity index (χ1v) is 6.00. The van der Waals surface area contributed by atoms with Crippen molar-refractivity contribution in [3.63, 3.8) is 0 Å². The van der Waals surface area contributed by atoms with Crippen LogP contribution in [0.5, 0.6) is 0 Å². The maximum atomic E-state index is 8.88. The molecular weight excluding hydrogens is 212 g/mol. The summed E-state index contributed by atoms with van der Waals surface area (Å²) in [6.45, 7) is 1.45. The molecule has 0 aliphatic rings. The van der Waals surface area contributed by atoms with Crippen LogP contribution < -0.4 is 5.73 Å².